The fraction of sp³-hybridized carbons (Fsp3) is 0.117. The normalized spacial score (nSPS) is 15.9. The number of aliphatic hydroxyl groups is 1. The SMILES string of the molecule is O=C(Oc1cnc(-c2ccccc2)cc1-c1ccccc1)C1CC(C(=O)Oc2cnc(-c3ccccc3)cc2-c2ccccc2)CC(C(O)Oc2cnc(-c3ccccc3)cc2-c2ccccc2)C1. The van der Waals surface area contributed by atoms with Crippen molar-refractivity contribution in [3.8, 4) is 84.4 Å². The van der Waals surface area contributed by atoms with Crippen LogP contribution in [0, 0.1) is 17.8 Å². The van der Waals surface area contributed by atoms with Crippen LogP contribution in [0.4, 0.5) is 0 Å². The highest BCUT2D eigenvalue weighted by Crippen LogP contribution is 2.42. The number of aromatic nitrogens is 3. The molecule has 338 valence electrons. The lowest BCUT2D eigenvalue weighted by Crippen LogP contribution is -2.41. The highest BCUT2D eigenvalue weighted by Gasteiger charge is 2.42. The van der Waals surface area contributed by atoms with Gasteiger partial charge in [0.1, 0.15) is 5.75 Å². The predicted molar refractivity (Wildman–Crippen MR) is 268 cm³/mol. The Morgan fingerprint density at radius 2 is 0.696 bits per heavy atom. The first-order valence-electron chi connectivity index (χ1n) is 23.0. The highest BCUT2D eigenvalue weighted by molar-refractivity contribution is 5.84. The van der Waals surface area contributed by atoms with Crippen LogP contribution in [-0.4, -0.2) is 38.3 Å². The zero-order chi connectivity index (χ0) is 46.9. The van der Waals surface area contributed by atoms with Gasteiger partial charge in [-0.05, 0) is 54.2 Å². The molecular formula is C60H47N3O6. The second-order valence-electron chi connectivity index (χ2n) is 17.1. The summed E-state index contributed by atoms with van der Waals surface area (Å²) in [5, 5.41) is 12.2. The van der Waals surface area contributed by atoms with E-state index < -0.39 is 36.0 Å². The van der Waals surface area contributed by atoms with Crippen LogP contribution >= 0.6 is 0 Å². The molecule has 10 rings (SSSR count). The first-order chi connectivity index (χ1) is 33.9. The van der Waals surface area contributed by atoms with Crippen LogP contribution in [0.15, 0.2) is 219 Å². The molecule has 1 fully saturated rings. The number of aliphatic hydroxyl groups excluding tert-OH is 1. The zero-order valence-corrected chi connectivity index (χ0v) is 37.5. The zero-order valence-electron chi connectivity index (χ0n) is 37.5. The summed E-state index contributed by atoms with van der Waals surface area (Å²) in [6, 6.07) is 64.3. The third-order valence-electron chi connectivity index (χ3n) is 12.5. The van der Waals surface area contributed by atoms with Crippen molar-refractivity contribution in [1.29, 1.82) is 0 Å². The fourth-order valence-electron chi connectivity index (χ4n) is 9.01. The van der Waals surface area contributed by atoms with E-state index in [1.807, 2.05) is 200 Å². The average Bonchev–Trinajstić information content (AvgIpc) is 3.42. The maximum absolute atomic E-state index is 14.6. The lowest BCUT2D eigenvalue weighted by atomic mass is 9.74. The van der Waals surface area contributed by atoms with Gasteiger partial charge in [-0.2, -0.15) is 0 Å². The Balaban J connectivity index is 0.977. The molecule has 0 aliphatic heterocycles. The third kappa shape index (κ3) is 10.2. The molecule has 9 nitrogen and oxygen atoms in total. The quantitative estimate of drug-likeness (QED) is 0.0890. The summed E-state index contributed by atoms with van der Waals surface area (Å²) in [7, 11) is 0. The van der Waals surface area contributed by atoms with Gasteiger partial charge in [0.25, 0.3) is 0 Å². The van der Waals surface area contributed by atoms with Gasteiger partial charge in [0.05, 0.1) is 47.5 Å². The molecule has 1 aliphatic carbocycles. The number of benzene rings is 6. The van der Waals surface area contributed by atoms with E-state index in [1.54, 1.807) is 18.6 Å². The third-order valence-corrected chi connectivity index (χ3v) is 12.5. The van der Waals surface area contributed by atoms with Crippen LogP contribution in [0.3, 0.4) is 0 Å². The standard InChI is InChI=1S/C60H47N3O6/c64-58(67-55-37-61-52(43-25-13-4-14-26-43)34-49(55)40-19-7-1-8-20-40)46-31-47(59(65)68-56-38-62-53(44-27-15-5-16-28-44)35-50(56)41-21-9-2-10-22-41)33-48(32-46)60(66)69-57-39-63-54(45-29-17-6-18-30-45)36-51(57)42-23-11-3-12-24-42/h1-30,34-39,46-48,58,64H,31-33H2. The molecule has 0 spiro atoms. The molecule has 6 aromatic carbocycles. The Morgan fingerprint density at radius 1 is 0.406 bits per heavy atom. The van der Waals surface area contributed by atoms with E-state index >= 15 is 0 Å². The number of hydrogen-bond donors (Lipinski definition) is 1. The van der Waals surface area contributed by atoms with Crippen LogP contribution in [0.25, 0.3) is 67.2 Å². The Bertz CT molecular complexity index is 3030. The maximum Gasteiger partial charge on any atom is 0.314 e. The van der Waals surface area contributed by atoms with E-state index in [4.69, 9.17) is 29.2 Å². The summed E-state index contributed by atoms with van der Waals surface area (Å²) >= 11 is 0. The van der Waals surface area contributed by atoms with Gasteiger partial charge >= 0.3 is 11.9 Å². The van der Waals surface area contributed by atoms with E-state index in [9.17, 15) is 14.7 Å². The van der Waals surface area contributed by atoms with Crippen LogP contribution in [0.5, 0.6) is 17.2 Å². The molecule has 0 radical (unpaired) electrons. The van der Waals surface area contributed by atoms with Crippen molar-refractivity contribution < 1.29 is 28.9 Å². The number of carbonyl (C=O) groups is 2. The molecule has 3 aromatic heterocycles. The Morgan fingerprint density at radius 3 is 1.03 bits per heavy atom. The van der Waals surface area contributed by atoms with Crippen molar-refractivity contribution in [3.63, 3.8) is 0 Å². The Hall–Kier alpha value is -8.53. The molecule has 0 amide bonds. The fourth-order valence-corrected chi connectivity index (χ4v) is 9.01. The summed E-state index contributed by atoms with van der Waals surface area (Å²) in [5.74, 6) is -2.59. The summed E-state index contributed by atoms with van der Waals surface area (Å²) in [5.41, 5.74) is 9.59. The molecule has 3 atom stereocenters. The lowest BCUT2D eigenvalue weighted by Gasteiger charge is -2.35. The van der Waals surface area contributed by atoms with Crippen LogP contribution in [0.2, 0.25) is 0 Å². The molecule has 3 unspecified atom stereocenters. The van der Waals surface area contributed by atoms with E-state index in [2.05, 4.69) is 0 Å². The van der Waals surface area contributed by atoms with Gasteiger partial charge in [-0.3, -0.25) is 24.5 Å². The van der Waals surface area contributed by atoms with Crippen molar-refractivity contribution in [2.75, 3.05) is 0 Å². The van der Waals surface area contributed by atoms with E-state index in [0.29, 0.717) is 16.9 Å². The van der Waals surface area contributed by atoms with E-state index in [1.165, 1.54) is 0 Å². The minimum absolute atomic E-state index is 0.107. The Labute approximate surface area is 400 Å². The van der Waals surface area contributed by atoms with Crippen LogP contribution in [0.1, 0.15) is 19.3 Å². The first kappa shape index (κ1) is 44.3. The molecule has 0 bridgehead atoms. The molecule has 0 saturated heterocycles. The number of ether oxygens (including phenoxy) is 3. The van der Waals surface area contributed by atoms with Gasteiger partial charge < -0.3 is 19.3 Å². The van der Waals surface area contributed by atoms with Crippen LogP contribution < -0.4 is 14.2 Å². The minimum Gasteiger partial charge on any atom is -0.463 e. The average molecular weight is 906 g/mol. The Kier molecular flexibility index (Phi) is 13.2. The lowest BCUT2D eigenvalue weighted by molar-refractivity contribution is -0.151. The number of nitrogens with zero attached hydrogens (tertiary/aromatic N) is 3. The molecule has 69 heavy (non-hydrogen) atoms. The molecule has 3 heterocycles. The summed E-state index contributed by atoms with van der Waals surface area (Å²) < 4.78 is 19.0. The van der Waals surface area contributed by atoms with Gasteiger partial charge in [-0.1, -0.05) is 182 Å². The molecule has 9 aromatic rings. The topological polar surface area (TPSA) is 121 Å². The summed E-state index contributed by atoms with van der Waals surface area (Å²) in [6.45, 7) is 0. The van der Waals surface area contributed by atoms with E-state index in [0.717, 1.165) is 56.0 Å². The molecule has 9 heteroatoms. The predicted octanol–water partition coefficient (Wildman–Crippen LogP) is 12.8. The number of carbonyl (C=O) groups excluding carboxylic acids is 2. The van der Waals surface area contributed by atoms with Gasteiger partial charge in [-0.15, -0.1) is 0 Å². The van der Waals surface area contributed by atoms with Crippen LogP contribution in [-0.2, 0) is 9.59 Å². The highest BCUT2D eigenvalue weighted by atomic mass is 16.6. The van der Waals surface area contributed by atoms with Gasteiger partial charge in [-0.25, -0.2) is 0 Å². The second-order valence-corrected chi connectivity index (χ2v) is 17.1. The molecule has 1 N–H and O–H groups in total. The number of hydrogen-bond acceptors (Lipinski definition) is 9. The minimum atomic E-state index is -1.44. The van der Waals surface area contributed by atoms with Gasteiger partial charge in [0, 0.05) is 39.3 Å². The van der Waals surface area contributed by atoms with Crippen molar-refractivity contribution in [2.45, 2.75) is 25.6 Å². The molecule has 1 saturated carbocycles. The van der Waals surface area contributed by atoms with Crippen molar-refractivity contribution >= 4 is 11.9 Å². The summed E-state index contributed by atoms with van der Waals surface area (Å²) in [4.78, 5) is 43.4. The molecular weight excluding hydrogens is 859 g/mol. The monoisotopic (exact) mass is 905 g/mol. The summed E-state index contributed by atoms with van der Waals surface area (Å²) in [6.07, 6.45) is 3.75. The van der Waals surface area contributed by atoms with Gasteiger partial charge in [0.15, 0.2) is 17.8 Å². The molecule has 1 aliphatic rings. The van der Waals surface area contributed by atoms with E-state index in [-0.39, 0.29) is 30.8 Å². The largest absolute Gasteiger partial charge is 0.463 e. The van der Waals surface area contributed by atoms with Crippen molar-refractivity contribution in [1.82, 2.24) is 15.0 Å². The number of pyridine rings is 3. The second kappa shape index (κ2) is 20.5. The first-order valence-corrected chi connectivity index (χ1v) is 23.0. The number of esters is 2. The number of rotatable bonds is 13. The van der Waals surface area contributed by atoms with Crippen molar-refractivity contribution in [2.24, 2.45) is 17.8 Å². The smallest absolute Gasteiger partial charge is 0.314 e. The maximum atomic E-state index is 14.6. The van der Waals surface area contributed by atoms with Crippen molar-refractivity contribution in [3.05, 3.63) is 219 Å². The van der Waals surface area contributed by atoms with Gasteiger partial charge in [0.2, 0.25) is 0 Å².